The monoisotopic (exact) mass is 355 g/mol. The van der Waals surface area contributed by atoms with Crippen LogP contribution in [0.5, 0.6) is 0 Å². The molecular weight excluding hydrogens is 338 g/mol. The molecule has 0 saturated carbocycles. The van der Waals surface area contributed by atoms with E-state index in [4.69, 9.17) is 0 Å². The van der Waals surface area contributed by atoms with Crippen molar-refractivity contribution in [2.75, 3.05) is 30.0 Å². The lowest BCUT2D eigenvalue weighted by Crippen LogP contribution is -2.45. The highest BCUT2D eigenvalue weighted by molar-refractivity contribution is 7.91. The van der Waals surface area contributed by atoms with Gasteiger partial charge >= 0.3 is 6.03 Å². The Morgan fingerprint density at radius 3 is 3.00 bits per heavy atom. The fourth-order valence-corrected chi connectivity index (χ4v) is 5.10. The Hall–Kier alpha value is -1.71. The summed E-state index contributed by atoms with van der Waals surface area (Å²) in [5, 5.41) is 11.9. The molecule has 0 spiro atoms. The van der Waals surface area contributed by atoms with E-state index in [1.54, 1.807) is 17.6 Å². The highest BCUT2D eigenvalue weighted by Gasteiger charge is 2.34. The van der Waals surface area contributed by atoms with E-state index in [1.165, 1.54) is 16.2 Å². The number of benzene rings is 1. The maximum absolute atomic E-state index is 12.5. The molecule has 3 rings (SSSR count). The van der Waals surface area contributed by atoms with Crippen LogP contribution in [0.15, 0.2) is 23.7 Å². The maximum atomic E-state index is 12.5. The molecule has 7 nitrogen and oxygen atoms in total. The van der Waals surface area contributed by atoms with Gasteiger partial charge < -0.3 is 15.3 Å². The minimum Gasteiger partial charge on any atom is -0.395 e. The fraction of sp³-hybridized carbons (Fsp3) is 0.429. The van der Waals surface area contributed by atoms with Crippen molar-refractivity contribution in [1.82, 2.24) is 9.88 Å². The van der Waals surface area contributed by atoms with Gasteiger partial charge in [-0.2, -0.15) is 0 Å². The third-order valence-corrected chi connectivity index (χ3v) is 6.39. The van der Waals surface area contributed by atoms with E-state index >= 15 is 0 Å². The Kier molecular flexibility index (Phi) is 4.51. The molecule has 2 heterocycles. The lowest BCUT2D eigenvalue weighted by atomic mass is 10.2. The van der Waals surface area contributed by atoms with Crippen LogP contribution in [0.25, 0.3) is 10.2 Å². The van der Waals surface area contributed by atoms with E-state index in [9.17, 15) is 18.3 Å². The number of hydrogen-bond acceptors (Lipinski definition) is 6. The second-order valence-electron chi connectivity index (χ2n) is 5.44. The molecule has 23 heavy (non-hydrogen) atoms. The molecular formula is C14H17N3O4S2. The van der Waals surface area contributed by atoms with Gasteiger partial charge in [-0.3, -0.25) is 0 Å². The summed E-state index contributed by atoms with van der Waals surface area (Å²) >= 11 is 1.52. The summed E-state index contributed by atoms with van der Waals surface area (Å²) in [6.07, 6.45) is 0.404. The number of aliphatic hydroxyl groups is 1. The van der Waals surface area contributed by atoms with Crippen LogP contribution in [0.2, 0.25) is 0 Å². The molecule has 0 radical (unpaired) electrons. The Morgan fingerprint density at radius 2 is 2.30 bits per heavy atom. The van der Waals surface area contributed by atoms with Gasteiger partial charge in [0.25, 0.3) is 0 Å². The quantitative estimate of drug-likeness (QED) is 0.861. The van der Waals surface area contributed by atoms with Crippen LogP contribution in [0, 0.1) is 0 Å². The summed E-state index contributed by atoms with van der Waals surface area (Å²) in [6, 6.07) is 4.62. The summed E-state index contributed by atoms with van der Waals surface area (Å²) in [5.74, 6) is 0.0310. The molecule has 1 aromatic carbocycles. The zero-order chi connectivity index (χ0) is 16.4. The van der Waals surface area contributed by atoms with E-state index in [2.05, 4.69) is 10.3 Å². The zero-order valence-corrected chi connectivity index (χ0v) is 13.9. The van der Waals surface area contributed by atoms with Crippen molar-refractivity contribution in [3.8, 4) is 0 Å². The first-order valence-corrected chi connectivity index (χ1v) is 9.91. The Labute approximate surface area is 137 Å². The average molecular weight is 355 g/mol. The standard InChI is InChI=1S/C14H17N3O4S2/c18-5-4-17(11-3-6-23(20,21)8-11)14(19)16-10-1-2-13-12(7-10)15-9-22-13/h1-2,7,9,11,18H,3-6,8H2,(H,16,19). The highest BCUT2D eigenvalue weighted by atomic mass is 32.2. The molecule has 1 aliphatic heterocycles. The maximum Gasteiger partial charge on any atom is 0.322 e. The number of nitrogens with one attached hydrogen (secondary N) is 1. The molecule has 1 fully saturated rings. The van der Waals surface area contributed by atoms with E-state index in [0.29, 0.717) is 12.1 Å². The molecule has 124 valence electrons. The molecule has 1 aliphatic rings. The fourth-order valence-electron chi connectivity index (χ4n) is 2.71. The number of thiazole rings is 1. The zero-order valence-electron chi connectivity index (χ0n) is 12.3. The number of anilines is 1. The largest absolute Gasteiger partial charge is 0.395 e. The van der Waals surface area contributed by atoms with Crippen molar-refractivity contribution in [1.29, 1.82) is 0 Å². The van der Waals surface area contributed by atoms with Crippen molar-refractivity contribution in [2.45, 2.75) is 12.5 Å². The van der Waals surface area contributed by atoms with Gasteiger partial charge in [0, 0.05) is 18.3 Å². The lowest BCUT2D eigenvalue weighted by Gasteiger charge is -2.27. The van der Waals surface area contributed by atoms with Gasteiger partial charge in [0.15, 0.2) is 9.84 Å². The van der Waals surface area contributed by atoms with Gasteiger partial charge in [-0.1, -0.05) is 0 Å². The average Bonchev–Trinajstić information content (AvgIpc) is 3.10. The van der Waals surface area contributed by atoms with Crippen LogP contribution in [0.4, 0.5) is 10.5 Å². The first kappa shape index (κ1) is 16.2. The summed E-state index contributed by atoms with van der Waals surface area (Å²) in [6.45, 7) is -0.111. The van der Waals surface area contributed by atoms with Gasteiger partial charge in [0.2, 0.25) is 0 Å². The van der Waals surface area contributed by atoms with E-state index < -0.39 is 21.9 Å². The van der Waals surface area contributed by atoms with Crippen molar-refractivity contribution in [3.63, 3.8) is 0 Å². The second-order valence-corrected chi connectivity index (χ2v) is 8.55. The van der Waals surface area contributed by atoms with Crippen LogP contribution >= 0.6 is 11.3 Å². The van der Waals surface area contributed by atoms with Crippen LogP contribution < -0.4 is 5.32 Å². The number of carbonyl (C=O) groups is 1. The van der Waals surface area contributed by atoms with E-state index in [1.807, 2.05) is 6.07 Å². The Morgan fingerprint density at radius 1 is 1.48 bits per heavy atom. The van der Waals surface area contributed by atoms with Gasteiger partial charge in [-0.05, 0) is 24.6 Å². The molecule has 1 unspecified atom stereocenters. The number of urea groups is 1. The number of amides is 2. The number of aromatic nitrogens is 1. The SMILES string of the molecule is O=C(Nc1ccc2scnc2c1)N(CCO)C1CCS(=O)(=O)C1. The van der Waals surface area contributed by atoms with Crippen molar-refractivity contribution >= 4 is 43.1 Å². The molecule has 1 aromatic heterocycles. The van der Waals surface area contributed by atoms with Gasteiger partial charge in [-0.15, -0.1) is 11.3 Å². The number of sulfone groups is 1. The van der Waals surface area contributed by atoms with Crippen LogP contribution in [0.3, 0.4) is 0 Å². The van der Waals surface area contributed by atoms with Crippen molar-refractivity contribution < 1.29 is 18.3 Å². The Bertz CT molecular complexity index is 818. The third-order valence-electron chi connectivity index (χ3n) is 3.83. The molecule has 0 aliphatic carbocycles. The molecule has 2 amide bonds. The topological polar surface area (TPSA) is 99.6 Å². The number of fused-ring (bicyclic) bond motifs is 1. The number of aliphatic hydroxyl groups excluding tert-OH is 1. The second kappa shape index (κ2) is 6.42. The molecule has 0 bridgehead atoms. The van der Waals surface area contributed by atoms with Gasteiger partial charge in [0.1, 0.15) is 0 Å². The molecule has 2 N–H and O–H groups in total. The first-order chi connectivity index (χ1) is 11.0. The molecule has 1 saturated heterocycles. The molecule has 9 heteroatoms. The van der Waals surface area contributed by atoms with E-state index in [0.717, 1.165) is 10.2 Å². The summed E-state index contributed by atoms with van der Waals surface area (Å²) in [4.78, 5) is 18.1. The summed E-state index contributed by atoms with van der Waals surface area (Å²) in [5.41, 5.74) is 3.12. The number of nitrogens with zero attached hydrogens (tertiary/aromatic N) is 2. The van der Waals surface area contributed by atoms with Crippen molar-refractivity contribution in [3.05, 3.63) is 23.7 Å². The van der Waals surface area contributed by atoms with E-state index in [-0.39, 0.29) is 24.7 Å². The lowest BCUT2D eigenvalue weighted by molar-refractivity contribution is 0.169. The summed E-state index contributed by atoms with van der Waals surface area (Å²) in [7, 11) is -3.10. The smallest absolute Gasteiger partial charge is 0.322 e. The number of hydrogen-bond donors (Lipinski definition) is 2. The Balaban J connectivity index is 1.75. The predicted octanol–water partition coefficient (Wildman–Crippen LogP) is 1.31. The van der Waals surface area contributed by atoms with Crippen LogP contribution in [-0.2, 0) is 9.84 Å². The minimum absolute atomic E-state index is 0.0501. The molecule has 1 atom stereocenters. The van der Waals surface area contributed by atoms with Crippen molar-refractivity contribution in [2.24, 2.45) is 0 Å². The minimum atomic E-state index is -3.10. The number of carbonyl (C=O) groups excluding carboxylic acids is 1. The highest BCUT2D eigenvalue weighted by Crippen LogP contribution is 2.23. The molecule has 2 aromatic rings. The van der Waals surface area contributed by atoms with Crippen LogP contribution in [-0.4, -0.2) is 60.1 Å². The van der Waals surface area contributed by atoms with Crippen LogP contribution in [0.1, 0.15) is 6.42 Å². The van der Waals surface area contributed by atoms with Gasteiger partial charge in [-0.25, -0.2) is 18.2 Å². The van der Waals surface area contributed by atoms with Gasteiger partial charge in [0.05, 0.1) is 33.8 Å². The number of rotatable bonds is 4. The normalized spacial score (nSPS) is 19.8. The third kappa shape index (κ3) is 3.62. The first-order valence-electron chi connectivity index (χ1n) is 7.21. The summed E-state index contributed by atoms with van der Waals surface area (Å²) < 4.78 is 24.3. The predicted molar refractivity (Wildman–Crippen MR) is 89.5 cm³/mol.